The zero-order chi connectivity index (χ0) is 25.3. The number of halogens is 4. The minimum absolute atomic E-state index is 0.221. The Balaban J connectivity index is 2.02. The number of thiophene rings is 1. The fourth-order valence-electron chi connectivity index (χ4n) is 2.98. The molecule has 0 aliphatic carbocycles. The third kappa shape index (κ3) is 5.90. The van der Waals surface area contributed by atoms with Crippen molar-refractivity contribution in [1.29, 1.82) is 5.26 Å². The molecule has 3 aromatic rings. The summed E-state index contributed by atoms with van der Waals surface area (Å²) in [6.45, 7) is 0.221. The van der Waals surface area contributed by atoms with Gasteiger partial charge in [-0.2, -0.15) is 23.2 Å². The number of hydrogen-bond acceptors (Lipinski definition) is 6. The summed E-state index contributed by atoms with van der Waals surface area (Å²) in [5.41, 5.74) is -2.88. The van der Waals surface area contributed by atoms with Crippen molar-refractivity contribution >= 4 is 50.6 Å². The second kappa shape index (κ2) is 9.83. The van der Waals surface area contributed by atoms with Crippen LogP contribution in [0, 0.1) is 11.3 Å². The van der Waals surface area contributed by atoms with E-state index in [1.54, 1.807) is 18.2 Å². The van der Waals surface area contributed by atoms with E-state index in [1.807, 2.05) is 4.72 Å². The number of ether oxygens (including phenoxy) is 1. The number of fused-ring (bicyclic) bond motifs is 1. The van der Waals surface area contributed by atoms with E-state index in [0.29, 0.717) is 21.9 Å². The number of rotatable bonds is 8. The van der Waals surface area contributed by atoms with Crippen molar-refractivity contribution in [2.75, 3.05) is 12.5 Å². The molecule has 0 spiro atoms. The zero-order valence-corrected chi connectivity index (χ0v) is 20.1. The lowest BCUT2D eigenvalue weighted by atomic mass is 10.0. The predicted octanol–water partition coefficient (Wildman–Crippen LogP) is 4.56. The first-order chi connectivity index (χ1) is 15.8. The number of hydrogen-bond donors (Lipinski definition) is 3. The summed E-state index contributed by atoms with van der Waals surface area (Å²) in [4.78, 5) is 19.5. The molecule has 0 saturated heterocycles. The molecule has 34 heavy (non-hydrogen) atoms. The van der Waals surface area contributed by atoms with Crippen LogP contribution in [0.5, 0.6) is 5.75 Å². The van der Waals surface area contributed by atoms with Crippen LogP contribution < -0.4 is 9.46 Å². The zero-order valence-electron chi connectivity index (χ0n) is 16.8. The Bertz CT molecular complexity index is 1420. The molecule has 1 unspecified atom stereocenters. The molecular weight excluding hydrogens is 540 g/mol. The quantitative estimate of drug-likeness (QED) is 0.274. The minimum atomic E-state index is -5.33. The third-order valence-electron chi connectivity index (χ3n) is 4.46. The Morgan fingerprint density at radius 3 is 2.50 bits per heavy atom. The summed E-state index contributed by atoms with van der Waals surface area (Å²) in [7, 11) is -9.91. The summed E-state index contributed by atoms with van der Waals surface area (Å²) in [5.74, 6) is -1.66. The van der Waals surface area contributed by atoms with Crippen LogP contribution in [0.1, 0.15) is 22.5 Å². The van der Waals surface area contributed by atoms with Crippen molar-refractivity contribution in [3.63, 3.8) is 0 Å². The van der Waals surface area contributed by atoms with E-state index in [4.69, 9.17) is 21.6 Å². The average Bonchev–Trinajstić information content (AvgIpc) is 3.19. The molecule has 0 saturated carbocycles. The van der Waals surface area contributed by atoms with Gasteiger partial charge in [0, 0.05) is 4.70 Å². The predicted molar refractivity (Wildman–Crippen MR) is 119 cm³/mol. The standard InChI is InChI=1S/C19H15ClF3N2O6PS2/c20-5-6-31-14-3-4-16-13(7-14)9-17(33-16)34(29,30)25-18(32(26,27)28)11-1-2-12(10-24)15(8-11)19(21,22)23/h1-4,7-9,18,25H,5-6H2,(H2,26,27,28). The van der Waals surface area contributed by atoms with Gasteiger partial charge >= 0.3 is 13.8 Å². The molecule has 15 heteroatoms. The number of nitrogens with one attached hydrogen (secondary N) is 1. The number of sulfonamides is 1. The Labute approximate surface area is 200 Å². The van der Waals surface area contributed by atoms with Gasteiger partial charge in [0.05, 0.1) is 23.1 Å². The highest BCUT2D eigenvalue weighted by Gasteiger charge is 2.39. The van der Waals surface area contributed by atoms with Gasteiger partial charge in [0.15, 0.2) is 0 Å². The average molecular weight is 555 g/mol. The van der Waals surface area contributed by atoms with Crippen LogP contribution in [-0.2, 0) is 20.8 Å². The largest absolute Gasteiger partial charge is 0.492 e. The van der Waals surface area contributed by atoms with E-state index in [-0.39, 0.29) is 16.7 Å². The highest BCUT2D eigenvalue weighted by Crippen LogP contribution is 2.51. The highest BCUT2D eigenvalue weighted by atomic mass is 35.5. The van der Waals surface area contributed by atoms with Crippen LogP contribution in [-0.4, -0.2) is 30.7 Å². The molecule has 1 atom stereocenters. The van der Waals surface area contributed by atoms with Crippen molar-refractivity contribution in [1.82, 2.24) is 4.72 Å². The smallest absolute Gasteiger partial charge is 0.417 e. The maximum atomic E-state index is 13.3. The monoisotopic (exact) mass is 554 g/mol. The fourth-order valence-corrected chi connectivity index (χ4v) is 7.02. The molecule has 2 aromatic carbocycles. The van der Waals surface area contributed by atoms with E-state index in [0.717, 1.165) is 23.5 Å². The van der Waals surface area contributed by atoms with Gasteiger partial charge in [-0.1, -0.05) is 6.07 Å². The van der Waals surface area contributed by atoms with Gasteiger partial charge in [-0.3, -0.25) is 4.57 Å². The molecule has 0 aliphatic rings. The van der Waals surface area contributed by atoms with Crippen LogP contribution in [0.4, 0.5) is 13.2 Å². The van der Waals surface area contributed by atoms with Crippen LogP contribution in [0.25, 0.3) is 10.1 Å². The molecule has 0 radical (unpaired) electrons. The Morgan fingerprint density at radius 2 is 1.91 bits per heavy atom. The Kier molecular flexibility index (Phi) is 7.64. The summed E-state index contributed by atoms with van der Waals surface area (Å²) >= 11 is 6.36. The van der Waals surface area contributed by atoms with E-state index in [1.165, 1.54) is 12.1 Å². The second-order valence-electron chi connectivity index (χ2n) is 6.83. The third-order valence-corrected chi connectivity index (χ3v) is 8.91. The molecule has 0 bridgehead atoms. The normalized spacial score (nSPS) is 13.6. The Hall–Kier alpha value is -2.17. The molecule has 182 valence electrons. The van der Waals surface area contributed by atoms with Crippen molar-refractivity contribution in [2.45, 2.75) is 16.2 Å². The molecule has 3 N–H and O–H groups in total. The lowest BCUT2D eigenvalue weighted by Crippen LogP contribution is -2.28. The molecule has 3 rings (SSSR count). The molecule has 0 aliphatic heterocycles. The van der Waals surface area contributed by atoms with Crippen molar-refractivity contribution in [3.8, 4) is 11.8 Å². The number of nitriles is 1. The maximum absolute atomic E-state index is 13.3. The molecule has 0 fully saturated rings. The van der Waals surface area contributed by atoms with Crippen molar-refractivity contribution in [2.24, 2.45) is 0 Å². The first-order valence-corrected chi connectivity index (χ1v) is 13.7. The van der Waals surface area contributed by atoms with Crippen molar-refractivity contribution < 1.29 is 40.7 Å². The SMILES string of the molecule is N#Cc1ccc(C(NS(=O)(=O)c2cc3cc(OCCCl)ccc3s2)P(=O)(O)O)cc1C(F)(F)F. The van der Waals surface area contributed by atoms with Gasteiger partial charge in [-0.15, -0.1) is 22.9 Å². The molecule has 0 amide bonds. The van der Waals surface area contributed by atoms with Crippen LogP contribution in [0.15, 0.2) is 46.7 Å². The van der Waals surface area contributed by atoms with Gasteiger partial charge < -0.3 is 14.5 Å². The first-order valence-electron chi connectivity index (χ1n) is 9.17. The molecule has 1 aromatic heterocycles. The summed E-state index contributed by atoms with van der Waals surface area (Å²) in [6.07, 6.45) is -5.01. The van der Waals surface area contributed by atoms with Gasteiger partial charge in [0.1, 0.15) is 22.3 Å². The summed E-state index contributed by atoms with van der Waals surface area (Å²) in [5, 5.41) is 9.37. The van der Waals surface area contributed by atoms with E-state index >= 15 is 0 Å². The van der Waals surface area contributed by atoms with Crippen LogP contribution in [0.2, 0.25) is 0 Å². The highest BCUT2D eigenvalue weighted by molar-refractivity contribution is 7.92. The van der Waals surface area contributed by atoms with E-state index < -0.39 is 46.3 Å². The van der Waals surface area contributed by atoms with Gasteiger partial charge in [0.25, 0.3) is 10.0 Å². The fraction of sp³-hybridized carbons (Fsp3) is 0.211. The summed E-state index contributed by atoms with van der Waals surface area (Å²) in [6, 6.07) is 9.22. The molecule has 1 heterocycles. The molecular formula is C19H15ClF3N2O6PS2. The summed E-state index contributed by atoms with van der Waals surface area (Å²) < 4.78 is 85.2. The van der Waals surface area contributed by atoms with Gasteiger partial charge in [-0.05, 0) is 47.3 Å². The minimum Gasteiger partial charge on any atom is -0.492 e. The lowest BCUT2D eigenvalue weighted by Gasteiger charge is -2.21. The lowest BCUT2D eigenvalue weighted by molar-refractivity contribution is -0.137. The van der Waals surface area contributed by atoms with Gasteiger partial charge in [0.2, 0.25) is 0 Å². The van der Waals surface area contributed by atoms with Gasteiger partial charge in [-0.25, -0.2) is 8.42 Å². The van der Waals surface area contributed by atoms with Crippen LogP contribution >= 0.6 is 30.5 Å². The maximum Gasteiger partial charge on any atom is 0.417 e. The number of alkyl halides is 4. The van der Waals surface area contributed by atoms with Crippen molar-refractivity contribution in [3.05, 3.63) is 59.2 Å². The number of nitrogens with zero attached hydrogens (tertiary/aromatic N) is 1. The first kappa shape index (κ1) is 26.4. The number of benzene rings is 2. The van der Waals surface area contributed by atoms with E-state index in [9.17, 15) is 35.9 Å². The topological polar surface area (TPSA) is 137 Å². The second-order valence-corrected chi connectivity index (χ2v) is 11.9. The van der Waals surface area contributed by atoms with E-state index in [2.05, 4.69) is 0 Å². The molecule has 8 nitrogen and oxygen atoms in total. The Morgan fingerprint density at radius 1 is 1.21 bits per heavy atom. The van der Waals surface area contributed by atoms with Crippen LogP contribution in [0.3, 0.4) is 0 Å².